The summed E-state index contributed by atoms with van der Waals surface area (Å²) in [5.74, 6) is 0.461. The molecule has 3 nitrogen and oxygen atoms in total. The van der Waals surface area contributed by atoms with Crippen LogP contribution in [0.2, 0.25) is 5.02 Å². The summed E-state index contributed by atoms with van der Waals surface area (Å²) in [6.45, 7) is 7.66. The number of rotatable bonds is 6. The van der Waals surface area contributed by atoms with Gasteiger partial charge in [0.05, 0.1) is 5.03 Å². The van der Waals surface area contributed by atoms with Gasteiger partial charge in [0, 0.05) is 10.6 Å². The fourth-order valence-electron chi connectivity index (χ4n) is 1.79. The molecular formula is C17H19ClN2OS. The number of nitrogens with one attached hydrogen (secondary N) is 1. The fourth-order valence-corrected chi connectivity index (χ4v) is 2.25. The van der Waals surface area contributed by atoms with Crippen molar-refractivity contribution in [2.24, 2.45) is 4.99 Å². The molecule has 1 N–H and O–H groups in total. The molecule has 5 heteroatoms. The number of allylic oxidation sites excluding steroid dienone is 2. The Morgan fingerprint density at radius 2 is 2.09 bits per heavy atom. The Bertz CT molecular complexity index is 648. The van der Waals surface area contributed by atoms with E-state index in [1.807, 2.05) is 56.5 Å². The van der Waals surface area contributed by atoms with Crippen molar-refractivity contribution in [3.63, 3.8) is 0 Å². The smallest absolute Gasteiger partial charge is 0.212 e. The minimum Gasteiger partial charge on any atom is -0.313 e. The van der Waals surface area contributed by atoms with Crippen molar-refractivity contribution < 1.29 is 4.79 Å². The van der Waals surface area contributed by atoms with Gasteiger partial charge >= 0.3 is 0 Å². The second-order valence-corrected chi connectivity index (χ2v) is 5.66. The van der Waals surface area contributed by atoms with Gasteiger partial charge in [0.2, 0.25) is 6.41 Å². The molecular weight excluding hydrogens is 316 g/mol. The van der Waals surface area contributed by atoms with Crippen molar-refractivity contribution in [1.82, 2.24) is 5.32 Å². The van der Waals surface area contributed by atoms with Gasteiger partial charge in [-0.25, -0.2) is 4.99 Å². The first-order chi connectivity index (χ1) is 10.5. The molecule has 0 unspecified atom stereocenters. The molecule has 0 fully saturated rings. The van der Waals surface area contributed by atoms with Crippen molar-refractivity contribution in [3.8, 4) is 0 Å². The molecule has 1 aromatic carbocycles. The van der Waals surface area contributed by atoms with Crippen LogP contribution in [0.4, 0.5) is 0 Å². The van der Waals surface area contributed by atoms with Gasteiger partial charge in [0.1, 0.15) is 5.84 Å². The van der Waals surface area contributed by atoms with E-state index in [4.69, 9.17) is 11.6 Å². The number of amides is 1. The molecule has 1 aromatic rings. The van der Waals surface area contributed by atoms with Gasteiger partial charge in [0.25, 0.3) is 0 Å². The number of carbonyl (C=O) groups excluding carboxylic acids is 1. The average molecular weight is 335 g/mol. The second kappa shape index (κ2) is 9.28. The zero-order valence-corrected chi connectivity index (χ0v) is 14.5. The largest absolute Gasteiger partial charge is 0.313 e. The number of hydrogen-bond acceptors (Lipinski definition) is 3. The van der Waals surface area contributed by atoms with Gasteiger partial charge in [-0.1, -0.05) is 42.5 Å². The lowest BCUT2D eigenvalue weighted by Gasteiger charge is -2.09. The van der Waals surface area contributed by atoms with Gasteiger partial charge in [0.15, 0.2) is 0 Å². The molecule has 1 amide bonds. The maximum Gasteiger partial charge on any atom is 0.212 e. The minimum absolute atomic E-state index is 0.461. The van der Waals surface area contributed by atoms with E-state index in [1.165, 1.54) is 11.8 Å². The van der Waals surface area contributed by atoms with Crippen LogP contribution in [0.5, 0.6) is 0 Å². The number of thioether (sulfide) groups is 1. The molecule has 0 radical (unpaired) electrons. The number of halogens is 1. The van der Waals surface area contributed by atoms with E-state index < -0.39 is 0 Å². The maximum absolute atomic E-state index is 10.8. The van der Waals surface area contributed by atoms with E-state index in [2.05, 4.69) is 16.9 Å². The predicted molar refractivity (Wildman–Crippen MR) is 98.1 cm³/mol. The van der Waals surface area contributed by atoms with E-state index in [0.717, 1.165) is 16.7 Å². The fraction of sp³-hybridized carbons (Fsp3) is 0.176. The number of nitrogens with zero attached hydrogens (tertiary/aromatic N) is 1. The standard InChI is InChI=1S/C17H19ClN2OS/c1-5-14(17(19-11-21)20-13(3)22-4)10-12(2)15-8-6-7-9-16(15)18/h5-11H,3H2,1-2,4H3,(H,19,20,21)/b12-10+,14-5-. The minimum atomic E-state index is 0.461. The normalized spacial score (nSPS) is 13.0. The molecule has 22 heavy (non-hydrogen) atoms. The van der Waals surface area contributed by atoms with E-state index in [-0.39, 0.29) is 0 Å². The molecule has 1 rings (SSSR count). The molecule has 0 heterocycles. The van der Waals surface area contributed by atoms with E-state index in [0.29, 0.717) is 22.3 Å². The number of carbonyl (C=O) groups is 1. The highest BCUT2D eigenvalue weighted by Crippen LogP contribution is 2.24. The van der Waals surface area contributed by atoms with E-state index in [9.17, 15) is 4.79 Å². The summed E-state index contributed by atoms with van der Waals surface area (Å²) in [6, 6.07) is 7.62. The summed E-state index contributed by atoms with van der Waals surface area (Å²) >= 11 is 7.63. The van der Waals surface area contributed by atoms with Crippen LogP contribution in [-0.4, -0.2) is 18.5 Å². The average Bonchev–Trinajstić information content (AvgIpc) is 2.52. The van der Waals surface area contributed by atoms with Crippen LogP contribution in [0, 0.1) is 0 Å². The Kier molecular flexibility index (Phi) is 7.71. The van der Waals surface area contributed by atoms with Crippen LogP contribution >= 0.6 is 23.4 Å². The van der Waals surface area contributed by atoms with Crippen molar-refractivity contribution in [1.29, 1.82) is 0 Å². The highest BCUT2D eigenvalue weighted by Gasteiger charge is 2.07. The van der Waals surface area contributed by atoms with Crippen molar-refractivity contribution in [2.45, 2.75) is 13.8 Å². The van der Waals surface area contributed by atoms with E-state index >= 15 is 0 Å². The Hall–Kier alpha value is -1.78. The summed E-state index contributed by atoms with van der Waals surface area (Å²) < 4.78 is 0. The van der Waals surface area contributed by atoms with Crippen molar-refractivity contribution >= 4 is 41.2 Å². The summed E-state index contributed by atoms with van der Waals surface area (Å²) in [6.07, 6.45) is 6.30. The zero-order chi connectivity index (χ0) is 16.5. The summed E-state index contributed by atoms with van der Waals surface area (Å²) in [5, 5.41) is 3.92. The SMILES string of the molecule is C=C(\N=C(NC=O)/C(=C\C)/C=C(\C)c1ccccc1Cl)SC. The van der Waals surface area contributed by atoms with Gasteiger partial charge in [-0.15, -0.1) is 11.8 Å². The highest BCUT2D eigenvalue weighted by molar-refractivity contribution is 8.02. The molecule has 0 spiro atoms. The predicted octanol–water partition coefficient (Wildman–Crippen LogP) is 4.67. The number of amidine groups is 1. The third-order valence-corrected chi connectivity index (χ3v) is 3.82. The summed E-state index contributed by atoms with van der Waals surface area (Å²) in [7, 11) is 0. The van der Waals surface area contributed by atoms with Crippen LogP contribution in [-0.2, 0) is 4.79 Å². The number of hydrogen-bond donors (Lipinski definition) is 1. The maximum atomic E-state index is 10.8. The monoisotopic (exact) mass is 334 g/mol. The van der Waals surface area contributed by atoms with Crippen LogP contribution < -0.4 is 5.32 Å². The lowest BCUT2D eigenvalue weighted by molar-refractivity contribution is -0.108. The number of aliphatic imine (C=N–C) groups is 1. The molecule has 0 atom stereocenters. The molecule has 0 saturated heterocycles. The van der Waals surface area contributed by atoms with Gasteiger partial charge in [-0.3, -0.25) is 4.79 Å². The molecule has 0 aromatic heterocycles. The first-order valence-electron chi connectivity index (χ1n) is 6.65. The van der Waals surface area contributed by atoms with Crippen LogP contribution in [0.1, 0.15) is 19.4 Å². The Labute approximate surface area is 140 Å². The second-order valence-electron chi connectivity index (χ2n) is 4.37. The Morgan fingerprint density at radius 1 is 1.41 bits per heavy atom. The Morgan fingerprint density at radius 3 is 2.64 bits per heavy atom. The summed E-state index contributed by atoms with van der Waals surface area (Å²) in [4.78, 5) is 15.1. The third-order valence-electron chi connectivity index (χ3n) is 2.92. The zero-order valence-electron chi connectivity index (χ0n) is 12.9. The van der Waals surface area contributed by atoms with Gasteiger partial charge in [-0.2, -0.15) is 0 Å². The van der Waals surface area contributed by atoms with Gasteiger partial charge in [-0.05, 0) is 43.4 Å². The lowest BCUT2D eigenvalue weighted by Crippen LogP contribution is -2.23. The highest BCUT2D eigenvalue weighted by atomic mass is 35.5. The van der Waals surface area contributed by atoms with Crippen molar-refractivity contribution in [3.05, 3.63) is 64.2 Å². The van der Waals surface area contributed by atoms with Crippen LogP contribution in [0.15, 0.2) is 58.6 Å². The molecule has 0 saturated carbocycles. The third kappa shape index (κ3) is 5.20. The molecule has 0 aliphatic carbocycles. The van der Waals surface area contributed by atoms with Crippen molar-refractivity contribution in [2.75, 3.05) is 6.26 Å². The van der Waals surface area contributed by atoms with E-state index in [1.54, 1.807) is 0 Å². The molecule has 0 aliphatic rings. The molecule has 0 bridgehead atoms. The molecule has 0 aliphatic heterocycles. The van der Waals surface area contributed by atoms with Crippen LogP contribution in [0.3, 0.4) is 0 Å². The van der Waals surface area contributed by atoms with Gasteiger partial charge < -0.3 is 5.32 Å². The molecule has 116 valence electrons. The first kappa shape index (κ1) is 18.3. The Balaban J connectivity index is 3.22. The van der Waals surface area contributed by atoms with Crippen LogP contribution in [0.25, 0.3) is 5.57 Å². The first-order valence-corrected chi connectivity index (χ1v) is 8.25. The lowest BCUT2D eigenvalue weighted by atomic mass is 10.0. The summed E-state index contributed by atoms with van der Waals surface area (Å²) in [5.41, 5.74) is 2.71. The topological polar surface area (TPSA) is 41.5 Å². The quantitative estimate of drug-likeness (QED) is 0.355. The number of benzene rings is 1.